The molecule has 1 aromatic carbocycles. The standard InChI is InChI=1S/C14H19N3O3/c1-20-12-8-10(14(15)19)4-5-11(12)16-13(18)9-17-6-2-3-7-17/h4-5,8H,2-3,6-7,9H2,1H3,(H2,15,19)(H,16,18). The molecule has 2 rings (SSSR count). The zero-order valence-electron chi connectivity index (χ0n) is 11.5. The Morgan fingerprint density at radius 2 is 2.05 bits per heavy atom. The van der Waals surface area contributed by atoms with Gasteiger partial charge in [-0.15, -0.1) is 0 Å². The van der Waals surface area contributed by atoms with Crippen molar-refractivity contribution in [2.24, 2.45) is 5.73 Å². The predicted molar refractivity (Wildman–Crippen MR) is 75.8 cm³/mol. The summed E-state index contributed by atoms with van der Waals surface area (Å²) >= 11 is 0. The van der Waals surface area contributed by atoms with Crippen LogP contribution in [0.2, 0.25) is 0 Å². The molecule has 0 bridgehead atoms. The number of anilines is 1. The fourth-order valence-electron chi connectivity index (χ4n) is 2.28. The van der Waals surface area contributed by atoms with Gasteiger partial charge in [-0.1, -0.05) is 0 Å². The highest BCUT2D eigenvalue weighted by molar-refractivity contribution is 5.97. The van der Waals surface area contributed by atoms with E-state index >= 15 is 0 Å². The Kier molecular flexibility index (Phi) is 4.57. The summed E-state index contributed by atoms with van der Waals surface area (Å²) in [6.07, 6.45) is 2.29. The summed E-state index contributed by atoms with van der Waals surface area (Å²) < 4.78 is 5.17. The molecule has 2 amide bonds. The lowest BCUT2D eigenvalue weighted by Gasteiger charge is -2.15. The van der Waals surface area contributed by atoms with Crippen LogP contribution in [0.25, 0.3) is 0 Å². The van der Waals surface area contributed by atoms with Gasteiger partial charge in [-0.3, -0.25) is 14.5 Å². The summed E-state index contributed by atoms with van der Waals surface area (Å²) in [5, 5.41) is 2.80. The van der Waals surface area contributed by atoms with Gasteiger partial charge in [0.15, 0.2) is 0 Å². The molecule has 1 heterocycles. The second-order valence-electron chi connectivity index (χ2n) is 4.81. The molecule has 0 aliphatic carbocycles. The number of nitrogens with two attached hydrogens (primary N) is 1. The van der Waals surface area contributed by atoms with E-state index in [1.54, 1.807) is 12.1 Å². The summed E-state index contributed by atoms with van der Waals surface area (Å²) in [6, 6.07) is 4.71. The molecule has 3 N–H and O–H groups in total. The Bertz CT molecular complexity index is 510. The van der Waals surface area contributed by atoms with E-state index in [4.69, 9.17) is 10.5 Å². The SMILES string of the molecule is COc1cc(C(N)=O)ccc1NC(=O)CN1CCCC1. The molecule has 1 aromatic rings. The second-order valence-corrected chi connectivity index (χ2v) is 4.81. The summed E-state index contributed by atoms with van der Waals surface area (Å²) in [6.45, 7) is 2.30. The number of hydrogen-bond donors (Lipinski definition) is 2. The minimum Gasteiger partial charge on any atom is -0.495 e. The number of amides is 2. The average Bonchev–Trinajstić information content (AvgIpc) is 2.91. The Labute approximate surface area is 117 Å². The number of carbonyl (C=O) groups is 2. The molecule has 1 aliphatic heterocycles. The number of benzene rings is 1. The number of methoxy groups -OCH3 is 1. The van der Waals surface area contributed by atoms with Gasteiger partial charge in [-0.05, 0) is 44.1 Å². The van der Waals surface area contributed by atoms with Crippen molar-refractivity contribution in [3.05, 3.63) is 23.8 Å². The number of hydrogen-bond acceptors (Lipinski definition) is 4. The number of nitrogens with one attached hydrogen (secondary N) is 1. The van der Waals surface area contributed by atoms with Crippen LogP contribution in [0.15, 0.2) is 18.2 Å². The monoisotopic (exact) mass is 277 g/mol. The second kappa shape index (κ2) is 6.38. The van der Waals surface area contributed by atoms with Crippen LogP contribution in [-0.4, -0.2) is 43.5 Å². The quantitative estimate of drug-likeness (QED) is 0.835. The van der Waals surface area contributed by atoms with Gasteiger partial charge in [0.2, 0.25) is 11.8 Å². The van der Waals surface area contributed by atoms with Crippen molar-refractivity contribution in [2.75, 3.05) is 32.1 Å². The minimum atomic E-state index is -0.529. The Morgan fingerprint density at radius 1 is 1.35 bits per heavy atom. The van der Waals surface area contributed by atoms with E-state index in [0.29, 0.717) is 23.5 Å². The topological polar surface area (TPSA) is 84.7 Å². The largest absolute Gasteiger partial charge is 0.495 e. The van der Waals surface area contributed by atoms with Crippen LogP contribution in [0.1, 0.15) is 23.2 Å². The molecule has 0 unspecified atom stereocenters. The third kappa shape index (κ3) is 3.48. The molecule has 6 nitrogen and oxygen atoms in total. The molecular formula is C14H19N3O3. The first-order chi connectivity index (χ1) is 9.60. The molecule has 0 atom stereocenters. The highest BCUT2D eigenvalue weighted by Crippen LogP contribution is 2.25. The zero-order valence-corrected chi connectivity index (χ0v) is 11.5. The maximum absolute atomic E-state index is 12.0. The summed E-state index contributed by atoms with van der Waals surface area (Å²) in [7, 11) is 1.48. The highest BCUT2D eigenvalue weighted by Gasteiger charge is 2.16. The van der Waals surface area contributed by atoms with Crippen LogP contribution < -0.4 is 15.8 Å². The number of rotatable bonds is 5. The summed E-state index contributed by atoms with van der Waals surface area (Å²) in [5.41, 5.74) is 6.10. The molecular weight excluding hydrogens is 258 g/mol. The lowest BCUT2D eigenvalue weighted by Crippen LogP contribution is -2.31. The summed E-state index contributed by atoms with van der Waals surface area (Å²) in [4.78, 5) is 25.2. The van der Waals surface area contributed by atoms with Crippen LogP contribution in [-0.2, 0) is 4.79 Å². The van der Waals surface area contributed by atoms with Crippen LogP contribution in [0, 0.1) is 0 Å². The van der Waals surface area contributed by atoms with Crippen LogP contribution >= 0.6 is 0 Å². The van der Waals surface area contributed by atoms with Gasteiger partial charge >= 0.3 is 0 Å². The summed E-state index contributed by atoms with van der Waals surface area (Å²) in [5.74, 6) is -0.189. The zero-order chi connectivity index (χ0) is 14.5. The van der Waals surface area contributed by atoms with E-state index in [-0.39, 0.29) is 5.91 Å². The number of primary amides is 1. The molecule has 1 saturated heterocycles. The van der Waals surface area contributed by atoms with Gasteiger partial charge in [0.05, 0.1) is 19.3 Å². The lowest BCUT2D eigenvalue weighted by molar-refractivity contribution is -0.117. The van der Waals surface area contributed by atoms with Crippen LogP contribution in [0.5, 0.6) is 5.75 Å². The number of likely N-dealkylation sites (tertiary alicyclic amines) is 1. The fourth-order valence-corrected chi connectivity index (χ4v) is 2.28. The van der Waals surface area contributed by atoms with Gasteiger partial charge < -0.3 is 15.8 Å². The third-order valence-electron chi connectivity index (χ3n) is 3.33. The first-order valence-corrected chi connectivity index (χ1v) is 6.60. The Hall–Kier alpha value is -2.08. The third-order valence-corrected chi connectivity index (χ3v) is 3.33. The first kappa shape index (κ1) is 14.3. The molecule has 1 fully saturated rings. The highest BCUT2D eigenvalue weighted by atomic mass is 16.5. The van der Waals surface area contributed by atoms with E-state index < -0.39 is 5.91 Å². The van der Waals surface area contributed by atoms with Crippen molar-refractivity contribution in [3.63, 3.8) is 0 Å². The number of ether oxygens (including phenoxy) is 1. The number of nitrogens with zero attached hydrogens (tertiary/aromatic N) is 1. The average molecular weight is 277 g/mol. The van der Waals surface area contributed by atoms with E-state index in [0.717, 1.165) is 25.9 Å². The molecule has 1 aliphatic rings. The van der Waals surface area contributed by atoms with E-state index in [1.807, 2.05) is 0 Å². The molecule has 108 valence electrons. The van der Waals surface area contributed by atoms with Crippen LogP contribution in [0.3, 0.4) is 0 Å². The Morgan fingerprint density at radius 3 is 2.65 bits per heavy atom. The predicted octanol–water partition coefficient (Wildman–Crippen LogP) is 0.828. The molecule has 20 heavy (non-hydrogen) atoms. The molecule has 6 heteroatoms. The fraction of sp³-hybridized carbons (Fsp3) is 0.429. The van der Waals surface area contributed by atoms with Crippen molar-refractivity contribution in [2.45, 2.75) is 12.8 Å². The normalized spacial score (nSPS) is 15.1. The molecule has 0 radical (unpaired) electrons. The smallest absolute Gasteiger partial charge is 0.248 e. The van der Waals surface area contributed by atoms with Gasteiger partial charge in [0, 0.05) is 5.56 Å². The van der Waals surface area contributed by atoms with Crippen molar-refractivity contribution in [3.8, 4) is 5.75 Å². The van der Waals surface area contributed by atoms with Gasteiger partial charge in [0.1, 0.15) is 5.75 Å². The number of carbonyl (C=O) groups excluding carboxylic acids is 2. The Balaban J connectivity index is 2.04. The van der Waals surface area contributed by atoms with E-state index in [9.17, 15) is 9.59 Å². The van der Waals surface area contributed by atoms with E-state index in [1.165, 1.54) is 13.2 Å². The van der Waals surface area contributed by atoms with E-state index in [2.05, 4.69) is 10.2 Å². The van der Waals surface area contributed by atoms with Gasteiger partial charge in [0.25, 0.3) is 0 Å². The van der Waals surface area contributed by atoms with Crippen molar-refractivity contribution >= 4 is 17.5 Å². The molecule has 0 saturated carbocycles. The minimum absolute atomic E-state index is 0.0861. The van der Waals surface area contributed by atoms with Crippen molar-refractivity contribution in [1.29, 1.82) is 0 Å². The molecule has 0 spiro atoms. The van der Waals surface area contributed by atoms with Crippen LogP contribution in [0.4, 0.5) is 5.69 Å². The van der Waals surface area contributed by atoms with Crippen molar-refractivity contribution < 1.29 is 14.3 Å². The molecule has 0 aromatic heterocycles. The van der Waals surface area contributed by atoms with Gasteiger partial charge in [-0.2, -0.15) is 0 Å². The maximum atomic E-state index is 12.0. The first-order valence-electron chi connectivity index (χ1n) is 6.60. The van der Waals surface area contributed by atoms with Crippen molar-refractivity contribution in [1.82, 2.24) is 4.90 Å². The van der Waals surface area contributed by atoms with Gasteiger partial charge in [-0.25, -0.2) is 0 Å². The maximum Gasteiger partial charge on any atom is 0.248 e. The lowest BCUT2D eigenvalue weighted by atomic mass is 10.2.